The van der Waals surface area contributed by atoms with Gasteiger partial charge in [-0.05, 0) is 19.9 Å². The quantitative estimate of drug-likeness (QED) is 0.660. The number of hydrogen-bond acceptors (Lipinski definition) is 6. The largest absolute Gasteiger partial charge is 0.506 e. The Morgan fingerprint density at radius 3 is 2.83 bits per heavy atom. The van der Waals surface area contributed by atoms with Crippen molar-refractivity contribution in [2.75, 3.05) is 6.54 Å². The molecule has 0 radical (unpaired) electrons. The van der Waals surface area contributed by atoms with Crippen molar-refractivity contribution in [3.8, 4) is 11.5 Å². The van der Waals surface area contributed by atoms with Gasteiger partial charge in [0, 0.05) is 0 Å². The van der Waals surface area contributed by atoms with Crippen molar-refractivity contribution in [3.63, 3.8) is 0 Å². The third-order valence-corrected chi connectivity index (χ3v) is 2.67. The average molecular weight is 254 g/mol. The Labute approximate surface area is 105 Å². The van der Waals surface area contributed by atoms with Crippen LogP contribution in [0.1, 0.15) is 24.6 Å². The average Bonchev–Trinajstić information content (AvgIpc) is 2.34. The van der Waals surface area contributed by atoms with Crippen LogP contribution in [0.3, 0.4) is 0 Å². The first-order valence-corrected chi connectivity index (χ1v) is 5.71. The maximum Gasteiger partial charge on any atom is 0.314 e. The van der Waals surface area contributed by atoms with Crippen molar-refractivity contribution < 1.29 is 19.7 Å². The first-order chi connectivity index (χ1) is 8.51. The maximum absolute atomic E-state index is 11.7. The molecule has 0 aliphatic carbocycles. The summed E-state index contributed by atoms with van der Waals surface area (Å²) >= 11 is 0. The molecular weight excluding hydrogens is 236 g/mol. The molecule has 100 valence electrons. The summed E-state index contributed by atoms with van der Waals surface area (Å²) in [5.41, 5.74) is 5.89. The highest BCUT2D eigenvalue weighted by Gasteiger charge is 2.19. The van der Waals surface area contributed by atoms with Crippen molar-refractivity contribution >= 4 is 5.97 Å². The van der Waals surface area contributed by atoms with Crippen molar-refractivity contribution in [1.29, 1.82) is 0 Å². The number of aromatic hydroxyl groups is 1. The van der Waals surface area contributed by atoms with Gasteiger partial charge >= 0.3 is 5.97 Å². The second-order valence-electron chi connectivity index (χ2n) is 4.09. The first-order valence-electron chi connectivity index (χ1n) is 5.71. The van der Waals surface area contributed by atoms with E-state index in [1.165, 1.54) is 6.20 Å². The molecule has 1 atom stereocenters. The van der Waals surface area contributed by atoms with Crippen LogP contribution < -0.4 is 10.5 Å². The fraction of sp³-hybridized carbons (Fsp3) is 0.500. The van der Waals surface area contributed by atoms with Crippen LogP contribution in [-0.2, 0) is 11.4 Å². The second kappa shape index (κ2) is 6.32. The van der Waals surface area contributed by atoms with Crippen molar-refractivity contribution in [3.05, 3.63) is 17.5 Å². The Bertz CT molecular complexity index is 434. The summed E-state index contributed by atoms with van der Waals surface area (Å²) in [6, 6.07) is 0. The van der Waals surface area contributed by atoms with E-state index in [9.17, 15) is 15.0 Å². The molecule has 0 amide bonds. The van der Waals surface area contributed by atoms with Crippen LogP contribution in [0.4, 0.5) is 0 Å². The van der Waals surface area contributed by atoms with Crippen LogP contribution in [0.25, 0.3) is 0 Å². The van der Waals surface area contributed by atoms with E-state index in [-0.39, 0.29) is 23.0 Å². The molecule has 1 unspecified atom stereocenters. The Hall–Kier alpha value is -1.66. The van der Waals surface area contributed by atoms with Gasteiger partial charge in [0.25, 0.3) is 0 Å². The molecule has 1 aromatic heterocycles. The molecule has 0 fully saturated rings. The van der Waals surface area contributed by atoms with E-state index in [0.717, 1.165) is 0 Å². The van der Waals surface area contributed by atoms with Crippen LogP contribution in [0, 0.1) is 12.8 Å². The van der Waals surface area contributed by atoms with Crippen molar-refractivity contribution in [2.24, 2.45) is 11.7 Å². The highest BCUT2D eigenvalue weighted by Crippen LogP contribution is 2.29. The summed E-state index contributed by atoms with van der Waals surface area (Å²) in [5.74, 6) is -0.881. The van der Waals surface area contributed by atoms with Crippen LogP contribution in [0.2, 0.25) is 0 Å². The van der Waals surface area contributed by atoms with Crippen LogP contribution in [-0.4, -0.2) is 27.7 Å². The zero-order valence-corrected chi connectivity index (χ0v) is 10.5. The predicted molar refractivity (Wildman–Crippen MR) is 65.0 cm³/mol. The molecular formula is C12H18N2O4. The molecule has 1 rings (SSSR count). The molecule has 0 aliphatic rings. The number of aryl methyl sites for hydroxylation is 1. The number of aliphatic hydroxyl groups excluding tert-OH is 1. The number of pyridine rings is 1. The predicted octanol–water partition coefficient (Wildman–Crippen LogP) is 0.478. The van der Waals surface area contributed by atoms with Gasteiger partial charge in [0.15, 0.2) is 5.75 Å². The fourth-order valence-electron chi connectivity index (χ4n) is 1.45. The Morgan fingerprint density at radius 1 is 1.61 bits per heavy atom. The first kappa shape index (κ1) is 14.4. The number of carbonyl (C=O) groups excluding carboxylic acids is 1. The van der Waals surface area contributed by atoms with E-state index >= 15 is 0 Å². The Kier molecular flexibility index (Phi) is 5.06. The van der Waals surface area contributed by atoms with E-state index in [0.29, 0.717) is 18.7 Å². The van der Waals surface area contributed by atoms with E-state index in [4.69, 9.17) is 10.5 Å². The lowest BCUT2D eigenvalue weighted by molar-refractivity contribution is -0.138. The van der Waals surface area contributed by atoms with Gasteiger partial charge < -0.3 is 20.7 Å². The lowest BCUT2D eigenvalue weighted by atomic mass is 10.1. The van der Waals surface area contributed by atoms with E-state index < -0.39 is 12.6 Å². The number of aromatic nitrogens is 1. The number of carbonyl (C=O) groups is 1. The molecule has 18 heavy (non-hydrogen) atoms. The molecule has 0 saturated heterocycles. The lowest BCUT2D eigenvalue weighted by Gasteiger charge is -2.13. The van der Waals surface area contributed by atoms with Gasteiger partial charge in [-0.25, -0.2) is 0 Å². The van der Waals surface area contributed by atoms with Gasteiger partial charge in [0.05, 0.1) is 30.0 Å². The second-order valence-corrected chi connectivity index (χ2v) is 4.09. The van der Waals surface area contributed by atoms with Gasteiger partial charge in [-0.3, -0.25) is 9.78 Å². The molecule has 0 aromatic carbocycles. The number of hydrogen-bond donors (Lipinski definition) is 3. The Morgan fingerprint density at radius 2 is 2.28 bits per heavy atom. The molecule has 0 aliphatic heterocycles. The standard InChI is InChI=1S/C12H18N2O4/c1-7(3-4-13)12(17)18-10-5-14-8(2)11(16)9(10)6-15/h5,7,15-16H,3-4,6,13H2,1-2H3. The van der Waals surface area contributed by atoms with Gasteiger partial charge in [-0.2, -0.15) is 0 Å². The summed E-state index contributed by atoms with van der Waals surface area (Å²) in [7, 11) is 0. The third-order valence-electron chi connectivity index (χ3n) is 2.67. The summed E-state index contributed by atoms with van der Waals surface area (Å²) < 4.78 is 5.11. The summed E-state index contributed by atoms with van der Waals surface area (Å²) in [6.07, 6.45) is 1.83. The summed E-state index contributed by atoms with van der Waals surface area (Å²) in [4.78, 5) is 15.6. The van der Waals surface area contributed by atoms with Crippen LogP contribution >= 0.6 is 0 Å². The third kappa shape index (κ3) is 3.18. The number of esters is 1. The summed E-state index contributed by atoms with van der Waals surface area (Å²) in [5, 5.41) is 18.9. The number of ether oxygens (including phenoxy) is 1. The number of rotatable bonds is 5. The monoisotopic (exact) mass is 254 g/mol. The van der Waals surface area contributed by atoms with Gasteiger partial charge in [-0.15, -0.1) is 0 Å². The lowest BCUT2D eigenvalue weighted by Crippen LogP contribution is -2.21. The Balaban J connectivity index is 2.91. The minimum Gasteiger partial charge on any atom is -0.506 e. The molecule has 0 saturated carbocycles. The van der Waals surface area contributed by atoms with Gasteiger partial charge in [-0.1, -0.05) is 6.92 Å². The molecule has 0 spiro atoms. The minimum atomic E-state index is -0.458. The summed E-state index contributed by atoms with van der Waals surface area (Å²) in [6.45, 7) is 3.26. The van der Waals surface area contributed by atoms with Gasteiger partial charge in [0.1, 0.15) is 5.75 Å². The van der Waals surface area contributed by atoms with Crippen molar-refractivity contribution in [2.45, 2.75) is 26.9 Å². The topological polar surface area (TPSA) is 106 Å². The SMILES string of the molecule is Cc1ncc(OC(=O)C(C)CCN)c(CO)c1O. The van der Waals surface area contributed by atoms with Crippen LogP contribution in [0.15, 0.2) is 6.20 Å². The molecule has 6 heteroatoms. The number of nitrogens with zero attached hydrogens (tertiary/aromatic N) is 1. The van der Waals surface area contributed by atoms with Crippen LogP contribution in [0.5, 0.6) is 11.5 Å². The van der Waals surface area contributed by atoms with E-state index in [2.05, 4.69) is 4.98 Å². The van der Waals surface area contributed by atoms with Gasteiger partial charge in [0.2, 0.25) is 0 Å². The smallest absolute Gasteiger partial charge is 0.314 e. The highest BCUT2D eigenvalue weighted by molar-refractivity contribution is 5.75. The molecule has 4 N–H and O–H groups in total. The zero-order chi connectivity index (χ0) is 13.7. The van der Waals surface area contributed by atoms with E-state index in [1.54, 1.807) is 13.8 Å². The normalized spacial score (nSPS) is 12.2. The maximum atomic E-state index is 11.7. The molecule has 1 heterocycles. The van der Waals surface area contributed by atoms with Crippen molar-refractivity contribution in [1.82, 2.24) is 4.98 Å². The molecule has 0 bridgehead atoms. The molecule has 6 nitrogen and oxygen atoms in total. The fourth-order valence-corrected chi connectivity index (χ4v) is 1.45. The number of nitrogens with two attached hydrogens (primary N) is 1. The molecule has 1 aromatic rings. The van der Waals surface area contributed by atoms with E-state index in [1.807, 2.05) is 0 Å². The number of aliphatic hydroxyl groups is 1. The zero-order valence-electron chi connectivity index (χ0n) is 10.5. The highest BCUT2D eigenvalue weighted by atomic mass is 16.5. The minimum absolute atomic E-state index is 0.0782.